The molecule has 106 valence electrons. The number of furan rings is 1. The number of carbonyl (C=O) groups is 1. The third-order valence-electron chi connectivity index (χ3n) is 2.62. The smallest absolute Gasteiger partial charge is 0.268 e. The van der Waals surface area contributed by atoms with Gasteiger partial charge in [0.15, 0.2) is 0 Å². The lowest BCUT2D eigenvalue weighted by Crippen LogP contribution is -2.30. The Balaban J connectivity index is 2.07. The van der Waals surface area contributed by atoms with Crippen LogP contribution in [0, 0.1) is 6.92 Å². The summed E-state index contributed by atoms with van der Waals surface area (Å²) in [6.07, 6.45) is 0. The van der Waals surface area contributed by atoms with Gasteiger partial charge in [0.25, 0.3) is 5.91 Å². The van der Waals surface area contributed by atoms with Gasteiger partial charge >= 0.3 is 0 Å². The molecule has 0 bridgehead atoms. The lowest BCUT2D eigenvalue weighted by atomic mass is 10.2. The van der Waals surface area contributed by atoms with Crippen LogP contribution in [0.5, 0.6) is 5.75 Å². The molecule has 7 heteroatoms. The van der Waals surface area contributed by atoms with E-state index in [0.717, 1.165) is 0 Å². The molecule has 3 N–H and O–H groups in total. The first-order valence-electron chi connectivity index (χ1n) is 5.69. The zero-order valence-electron chi connectivity index (χ0n) is 10.6. The van der Waals surface area contributed by atoms with E-state index in [0.29, 0.717) is 32.9 Å². The number of hydrogen-bond donors (Lipinski definition) is 2. The highest BCUT2D eigenvalue weighted by Gasteiger charge is 2.14. The summed E-state index contributed by atoms with van der Waals surface area (Å²) in [6.45, 7) is 1.84. The van der Waals surface area contributed by atoms with Gasteiger partial charge in [-0.2, -0.15) is 0 Å². The van der Waals surface area contributed by atoms with E-state index in [1.54, 1.807) is 31.2 Å². The van der Waals surface area contributed by atoms with Crippen molar-refractivity contribution >= 4 is 29.1 Å². The average molecular weight is 315 g/mol. The minimum absolute atomic E-state index is 0.163. The summed E-state index contributed by atoms with van der Waals surface area (Å²) in [4.78, 5) is 11.4. The first kappa shape index (κ1) is 14.7. The van der Waals surface area contributed by atoms with E-state index >= 15 is 0 Å². The van der Waals surface area contributed by atoms with Crippen molar-refractivity contribution in [3.8, 4) is 5.75 Å². The highest BCUT2D eigenvalue weighted by atomic mass is 35.5. The summed E-state index contributed by atoms with van der Waals surface area (Å²) in [5.41, 5.74) is 2.43. The average Bonchev–Trinajstić information content (AvgIpc) is 2.80. The van der Waals surface area contributed by atoms with Crippen LogP contribution in [0.15, 0.2) is 28.7 Å². The number of nitrogens with one attached hydrogen (secondary N) is 1. The number of carbonyl (C=O) groups excluding carboxylic acids is 1. The summed E-state index contributed by atoms with van der Waals surface area (Å²) in [7, 11) is 0. The lowest BCUT2D eigenvalue weighted by molar-refractivity contribution is 0.0952. The molecule has 1 aromatic carbocycles. The van der Waals surface area contributed by atoms with Gasteiger partial charge in [0, 0.05) is 6.07 Å². The minimum Gasteiger partial charge on any atom is -0.486 e. The number of aryl methyl sites for hydroxylation is 1. The van der Waals surface area contributed by atoms with E-state index in [1.165, 1.54) is 0 Å². The van der Waals surface area contributed by atoms with Crippen LogP contribution < -0.4 is 16.0 Å². The van der Waals surface area contributed by atoms with E-state index in [9.17, 15) is 4.79 Å². The van der Waals surface area contributed by atoms with Crippen LogP contribution in [0.3, 0.4) is 0 Å². The molecule has 5 nitrogen and oxygen atoms in total. The van der Waals surface area contributed by atoms with Gasteiger partial charge in [-0.1, -0.05) is 23.2 Å². The van der Waals surface area contributed by atoms with Crippen molar-refractivity contribution in [2.24, 2.45) is 5.84 Å². The standard InChI is InChI=1S/C13H12Cl2N2O3/c1-7-10(13(18)17-16)4-9(20-7)6-19-8-2-3-11(14)12(15)5-8/h2-5H,6,16H2,1H3,(H,17,18). The van der Waals surface area contributed by atoms with Crippen molar-refractivity contribution < 1.29 is 13.9 Å². The fourth-order valence-electron chi connectivity index (χ4n) is 1.64. The van der Waals surface area contributed by atoms with E-state index in [4.69, 9.17) is 38.2 Å². The first-order chi connectivity index (χ1) is 9.51. The molecule has 0 saturated heterocycles. The number of halogens is 2. The Labute approximate surface area is 125 Å². The normalized spacial score (nSPS) is 10.4. The van der Waals surface area contributed by atoms with Crippen LogP contribution in [-0.4, -0.2) is 5.91 Å². The first-order valence-corrected chi connectivity index (χ1v) is 6.45. The Kier molecular flexibility index (Phi) is 4.54. The maximum absolute atomic E-state index is 11.4. The number of nitrogens with two attached hydrogens (primary N) is 1. The van der Waals surface area contributed by atoms with Crippen molar-refractivity contribution in [2.45, 2.75) is 13.5 Å². The molecule has 0 aliphatic carbocycles. The number of amides is 1. The molecule has 0 radical (unpaired) electrons. The van der Waals surface area contributed by atoms with Gasteiger partial charge in [0.1, 0.15) is 23.9 Å². The fourth-order valence-corrected chi connectivity index (χ4v) is 1.93. The highest BCUT2D eigenvalue weighted by molar-refractivity contribution is 6.42. The van der Waals surface area contributed by atoms with Gasteiger partial charge in [-0.25, -0.2) is 5.84 Å². The van der Waals surface area contributed by atoms with Gasteiger partial charge in [0.05, 0.1) is 15.6 Å². The Morgan fingerprint density at radius 3 is 2.75 bits per heavy atom. The van der Waals surface area contributed by atoms with Crippen molar-refractivity contribution in [2.75, 3.05) is 0 Å². The number of rotatable bonds is 4. The maximum atomic E-state index is 11.4. The van der Waals surface area contributed by atoms with Crippen LogP contribution in [0.1, 0.15) is 21.9 Å². The molecule has 1 aromatic heterocycles. The predicted molar refractivity (Wildman–Crippen MR) is 75.9 cm³/mol. The second-order valence-electron chi connectivity index (χ2n) is 4.02. The van der Waals surface area contributed by atoms with Gasteiger partial charge < -0.3 is 9.15 Å². The Bertz CT molecular complexity index is 641. The summed E-state index contributed by atoms with van der Waals surface area (Å²) < 4.78 is 10.9. The zero-order valence-corrected chi connectivity index (χ0v) is 12.1. The highest BCUT2D eigenvalue weighted by Crippen LogP contribution is 2.27. The molecule has 2 rings (SSSR count). The van der Waals surface area contributed by atoms with E-state index in [2.05, 4.69) is 5.43 Å². The SMILES string of the molecule is Cc1oc(COc2ccc(Cl)c(Cl)c2)cc1C(=O)NN. The van der Waals surface area contributed by atoms with Crippen molar-refractivity contribution in [3.05, 3.63) is 51.4 Å². The molecule has 0 atom stereocenters. The number of hydrazine groups is 1. The van der Waals surface area contributed by atoms with Crippen LogP contribution in [-0.2, 0) is 6.61 Å². The monoisotopic (exact) mass is 314 g/mol. The lowest BCUT2D eigenvalue weighted by Gasteiger charge is -2.05. The van der Waals surface area contributed by atoms with Gasteiger partial charge in [-0.3, -0.25) is 10.2 Å². The Morgan fingerprint density at radius 2 is 2.10 bits per heavy atom. The molecule has 1 heterocycles. The molecule has 0 fully saturated rings. The van der Waals surface area contributed by atoms with E-state index < -0.39 is 5.91 Å². The molecule has 0 spiro atoms. The largest absolute Gasteiger partial charge is 0.486 e. The summed E-state index contributed by atoms with van der Waals surface area (Å²) in [6, 6.07) is 6.51. The second kappa shape index (κ2) is 6.17. The maximum Gasteiger partial charge on any atom is 0.268 e. The molecule has 0 aliphatic rings. The van der Waals surface area contributed by atoms with Crippen LogP contribution in [0.25, 0.3) is 0 Å². The molecule has 20 heavy (non-hydrogen) atoms. The summed E-state index contributed by atoms with van der Waals surface area (Å²) in [5, 5.41) is 0.859. The third kappa shape index (κ3) is 3.25. The number of nitrogen functional groups attached to an aromatic ring is 1. The fraction of sp³-hybridized carbons (Fsp3) is 0.154. The quantitative estimate of drug-likeness (QED) is 0.516. The van der Waals surface area contributed by atoms with Crippen LogP contribution in [0.2, 0.25) is 10.0 Å². The third-order valence-corrected chi connectivity index (χ3v) is 3.36. The predicted octanol–water partition coefficient (Wildman–Crippen LogP) is 3.08. The molecular formula is C13H12Cl2N2O3. The molecule has 1 amide bonds. The molecular weight excluding hydrogens is 303 g/mol. The van der Waals surface area contributed by atoms with Crippen LogP contribution >= 0.6 is 23.2 Å². The van der Waals surface area contributed by atoms with Crippen LogP contribution in [0.4, 0.5) is 0 Å². The summed E-state index contributed by atoms with van der Waals surface area (Å²) >= 11 is 11.7. The minimum atomic E-state index is -0.410. The van der Waals surface area contributed by atoms with Gasteiger partial charge in [0.2, 0.25) is 0 Å². The van der Waals surface area contributed by atoms with E-state index in [-0.39, 0.29) is 6.61 Å². The topological polar surface area (TPSA) is 77.5 Å². The van der Waals surface area contributed by atoms with Crippen molar-refractivity contribution in [1.82, 2.24) is 5.43 Å². The molecule has 0 unspecified atom stereocenters. The summed E-state index contributed by atoms with van der Waals surface area (Å²) in [5.74, 6) is 6.20. The molecule has 2 aromatic rings. The zero-order chi connectivity index (χ0) is 14.7. The Hall–Kier alpha value is -1.69. The number of ether oxygens (including phenoxy) is 1. The van der Waals surface area contributed by atoms with E-state index in [1.807, 2.05) is 0 Å². The molecule has 0 saturated carbocycles. The second-order valence-corrected chi connectivity index (χ2v) is 4.84. The van der Waals surface area contributed by atoms with Crippen molar-refractivity contribution in [3.63, 3.8) is 0 Å². The number of hydrogen-bond acceptors (Lipinski definition) is 4. The molecule has 0 aliphatic heterocycles. The van der Waals surface area contributed by atoms with Gasteiger partial charge in [-0.15, -0.1) is 0 Å². The number of benzene rings is 1. The van der Waals surface area contributed by atoms with Gasteiger partial charge in [-0.05, 0) is 25.1 Å². The Morgan fingerprint density at radius 1 is 1.35 bits per heavy atom. The van der Waals surface area contributed by atoms with Crippen molar-refractivity contribution in [1.29, 1.82) is 0 Å².